The van der Waals surface area contributed by atoms with Gasteiger partial charge in [-0.25, -0.2) is 0 Å². The monoisotopic (exact) mass is 158 g/mol. The number of nitrogens with zero attached hydrogens (tertiary/aromatic N) is 2. The lowest BCUT2D eigenvalue weighted by atomic mass is 10.3. The van der Waals surface area contributed by atoms with Crippen LogP contribution < -0.4 is 0 Å². The predicted octanol–water partition coefficient (Wildman–Crippen LogP) is 0.662. The van der Waals surface area contributed by atoms with Gasteiger partial charge < -0.3 is 9.69 Å². The Kier molecular flexibility index (Phi) is 5.56. The van der Waals surface area contributed by atoms with Gasteiger partial charge in [0.2, 0.25) is 0 Å². The van der Waals surface area contributed by atoms with Crippen LogP contribution in [0.3, 0.4) is 0 Å². The highest BCUT2D eigenvalue weighted by Gasteiger charge is 2.04. The molecule has 0 aromatic heterocycles. The van der Waals surface area contributed by atoms with Crippen molar-refractivity contribution in [2.75, 3.05) is 20.1 Å². The second-order valence-corrected chi connectivity index (χ2v) is 2.67. The van der Waals surface area contributed by atoms with Crippen molar-refractivity contribution < 1.29 is 4.79 Å². The molecule has 0 amide bonds. The molecule has 0 heterocycles. The molecule has 0 aliphatic heterocycles. The van der Waals surface area contributed by atoms with E-state index in [1.54, 1.807) is 6.92 Å². The summed E-state index contributed by atoms with van der Waals surface area (Å²) in [4.78, 5) is 21.8. The van der Waals surface area contributed by atoms with Crippen LogP contribution in [0.15, 0.2) is 5.18 Å². The normalized spacial score (nSPS) is 13.0. The molecule has 1 atom stereocenters. The minimum absolute atomic E-state index is 0.188. The Morgan fingerprint density at radius 1 is 1.64 bits per heavy atom. The third-order valence-electron chi connectivity index (χ3n) is 1.38. The molecule has 0 aromatic carbocycles. The van der Waals surface area contributed by atoms with Crippen molar-refractivity contribution in [2.24, 2.45) is 5.18 Å². The number of carbonyl (C=O) groups is 1. The number of hydrogen-bond donors (Lipinski definition) is 0. The highest BCUT2D eigenvalue weighted by atomic mass is 16.3. The van der Waals surface area contributed by atoms with Gasteiger partial charge in [0.1, 0.15) is 12.3 Å². The lowest BCUT2D eigenvalue weighted by molar-refractivity contribution is -0.108. The maximum Gasteiger partial charge on any atom is 0.121 e. The van der Waals surface area contributed by atoms with Crippen molar-refractivity contribution in [3.8, 4) is 0 Å². The molecule has 11 heavy (non-hydrogen) atoms. The average molecular weight is 158 g/mol. The molecule has 0 aromatic rings. The first-order chi connectivity index (χ1) is 5.20. The summed E-state index contributed by atoms with van der Waals surface area (Å²) in [5, 5.41) is 2.86. The smallest absolute Gasteiger partial charge is 0.121 e. The van der Waals surface area contributed by atoms with E-state index in [2.05, 4.69) is 5.18 Å². The van der Waals surface area contributed by atoms with E-state index < -0.39 is 0 Å². The summed E-state index contributed by atoms with van der Waals surface area (Å²) >= 11 is 0. The number of carbonyl (C=O) groups excluding carboxylic acids is 1. The Hall–Kier alpha value is -0.770. The van der Waals surface area contributed by atoms with E-state index in [1.165, 1.54) is 0 Å². The molecule has 0 saturated carbocycles. The summed E-state index contributed by atoms with van der Waals surface area (Å²) in [6, 6.07) is -0.188. The van der Waals surface area contributed by atoms with Crippen LogP contribution in [0.2, 0.25) is 0 Å². The van der Waals surface area contributed by atoms with Crippen molar-refractivity contribution in [2.45, 2.75) is 19.4 Å². The van der Waals surface area contributed by atoms with Crippen molar-refractivity contribution in [1.29, 1.82) is 0 Å². The maximum atomic E-state index is 9.97. The molecular weight excluding hydrogens is 144 g/mol. The summed E-state index contributed by atoms with van der Waals surface area (Å²) in [6.45, 7) is 3.07. The molecule has 0 rings (SSSR count). The summed E-state index contributed by atoms with van der Waals surface area (Å²) in [5.41, 5.74) is 0. The quantitative estimate of drug-likeness (QED) is 0.421. The predicted molar refractivity (Wildman–Crippen MR) is 43.4 cm³/mol. The first-order valence-corrected chi connectivity index (χ1v) is 3.65. The second kappa shape index (κ2) is 5.97. The van der Waals surface area contributed by atoms with E-state index in [0.29, 0.717) is 19.5 Å². The van der Waals surface area contributed by atoms with Crippen molar-refractivity contribution in [1.82, 2.24) is 4.90 Å². The molecule has 4 nitrogen and oxygen atoms in total. The fraction of sp³-hybridized carbons (Fsp3) is 0.857. The van der Waals surface area contributed by atoms with E-state index in [1.807, 2.05) is 11.9 Å². The van der Waals surface area contributed by atoms with E-state index >= 15 is 0 Å². The molecule has 0 radical (unpaired) electrons. The minimum Gasteiger partial charge on any atom is -0.304 e. The Bertz CT molecular complexity index is 128. The Labute approximate surface area is 66.5 Å². The fourth-order valence-corrected chi connectivity index (χ4v) is 0.849. The maximum absolute atomic E-state index is 9.97. The van der Waals surface area contributed by atoms with Gasteiger partial charge in [0.15, 0.2) is 0 Å². The van der Waals surface area contributed by atoms with Crippen LogP contribution in [0, 0.1) is 4.91 Å². The molecule has 0 spiro atoms. The van der Waals surface area contributed by atoms with Gasteiger partial charge in [0.05, 0.1) is 0 Å². The molecule has 64 valence electrons. The summed E-state index contributed by atoms with van der Waals surface area (Å²) < 4.78 is 0. The van der Waals surface area contributed by atoms with Gasteiger partial charge in [0.25, 0.3) is 0 Å². The zero-order valence-corrected chi connectivity index (χ0v) is 6.99. The zero-order valence-electron chi connectivity index (χ0n) is 6.99. The molecular formula is C7H14N2O2. The van der Waals surface area contributed by atoms with E-state index in [-0.39, 0.29) is 6.04 Å². The highest BCUT2D eigenvalue weighted by Crippen LogP contribution is 1.92. The van der Waals surface area contributed by atoms with Gasteiger partial charge in [-0.1, -0.05) is 5.18 Å². The summed E-state index contributed by atoms with van der Waals surface area (Å²) in [5.74, 6) is 0. The lowest BCUT2D eigenvalue weighted by Crippen LogP contribution is -2.27. The Morgan fingerprint density at radius 2 is 2.27 bits per heavy atom. The van der Waals surface area contributed by atoms with Crippen LogP contribution in [0.1, 0.15) is 13.3 Å². The topological polar surface area (TPSA) is 49.7 Å². The van der Waals surface area contributed by atoms with Gasteiger partial charge >= 0.3 is 0 Å². The molecule has 0 saturated heterocycles. The van der Waals surface area contributed by atoms with Gasteiger partial charge in [0, 0.05) is 19.5 Å². The molecule has 0 fully saturated rings. The third kappa shape index (κ3) is 5.66. The van der Waals surface area contributed by atoms with Crippen molar-refractivity contribution in [3.05, 3.63) is 4.91 Å². The van der Waals surface area contributed by atoms with Crippen LogP contribution in [0.5, 0.6) is 0 Å². The SMILES string of the molecule is CC(CN(C)CCC=O)N=O. The summed E-state index contributed by atoms with van der Waals surface area (Å²) in [7, 11) is 1.87. The molecule has 0 bridgehead atoms. The fourth-order valence-electron chi connectivity index (χ4n) is 0.849. The van der Waals surface area contributed by atoms with Crippen molar-refractivity contribution >= 4 is 6.29 Å². The van der Waals surface area contributed by atoms with E-state index in [9.17, 15) is 9.70 Å². The number of likely N-dealkylation sites (N-methyl/N-ethyl adjacent to an activating group) is 1. The van der Waals surface area contributed by atoms with Crippen LogP contribution in [0.25, 0.3) is 0 Å². The number of rotatable bonds is 6. The first-order valence-electron chi connectivity index (χ1n) is 3.65. The van der Waals surface area contributed by atoms with E-state index in [4.69, 9.17) is 0 Å². The van der Waals surface area contributed by atoms with Crippen LogP contribution in [-0.2, 0) is 4.79 Å². The molecule has 0 aliphatic rings. The molecule has 0 N–H and O–H groups in total. The van der Waals surface area contributed by atoms with Crippen LogP contribution in [0.4, 0.5) is 0 Å². The molecule has 1 unspecified atom stereocenters. The van der Waals surface area contributed by atoms with Crippen LogP contribution in [-0.4, -0.2) is 37.4 Å². The first kappa shape index (κ1) is 10.2. The number of hydrogen-bond acceptors (Lipinski definition) is 4. The molecule has 0 aliphatic carbocycles. The lowest BCUT2D eigenvalue weighted by Gasteiger charge is -2.15. The summed E-state index contributed by atoms with van der Waals surface area (Å²) in [6.07, 6.45) is 1.39. The van der Waals surface area contributed by atoms with Gasteiger partial charge in [-0.15, -0.1) is 0 Å². The van der Waals surface area contributed by atoms with Crippen LogP contribution >= 0.6 is 0 Å². The second-order valence-electron chi connectivity index (χ2n) is 2.67. The third-order valence-corrected chi connectivity index (χ3v) is 1.38. The Balaban J connectivity index is 3.42. The standard InChI is InChI=1S/C7H14N2O2/c1-7(8-11)6-9(2)4-3-5-10/h5,7H,3-4,6H2,1-2H3. The Morgan fingerprint density at radius 3 is 2.73 bits per heavy atom. The van der Waals surface area contributed by atoms with Gasteiger partial charge in [-0.2, -0.15) is 4.91 Å². The number of aldehydes is 1. The van der Waals surface area contributed by atoms with E-state index in [0.717, 1.165) is 6.29 Å². The largest absolute Gasteiger partial charge is 0.304 e. The zero-order chi connectivity index (χ0) is 8.69. The van der Waals surface area contributed by atoms with Crippen molar-refractivity contribution in [3.63, 3.8) is 0 Å². The highest BCUT2D eigenvalue weighted by molar-refractivity contribution is 5.49. The minimum atomic E-state index is -0.188. The number of nitroso groups, excluding NO2 is 1. The van der Waals surface area contributed by atoms with Gasteiger partial charge in [-0.05, 0) is 14.0 Å². The van der Waals surface area contributed by atoms with Gasteiger partial charge in [-0.3, -0.25) is 0 Å². The molecule has 4 heteroatoms. The average Bonchev–Trinajstić information content (AvgIpc) is 2.00.